The molecule has 6 nitrogen and oxygen atoms in total. The summed E-state index contributed by atoms with van der Waals surface area (Å²) in [5.41, 5.74) is 0. The lowest BCUT2D eigenvalue weighted by Crippen LogP contribution is -2.39. The summed E-state index contributed by atoms with van der Waals surface area (Å²) in [5.74, 6) is 1.45. The van der Waals surface area contributed by atoms with Gasteiger partial charge in [0.15, 0.2) is 0 Å². The summed E-state index contributed by atoms with van der Waals surface area (Å²) in [6.45, 7) is 8.38. The van der Waals surface area contributed by atoms with E-state index in [0.717, 1.165) is 0 Å². The molecule has 0 aromatic heterocycles. The topological polar surface area (TPSA) is 69.5 Å². The van der Waals surface area contributed by atoms with Gasteiger partial charge in [0.25, 0.3) is 0 Å². The minimum Gasteiger partial charge on any atom is -0.483 e. The molecule has 1 aliphatic heterocycles. The average molecular weight is 310 g/mol. The molecule has 0 aromatic rings. The molecule has 5 atom stereocenters. The van der Waals surface area contributed by atoms with Gasteiger partial charge >= 0.3 is 5.97 Å². The van der Waals surface area contributed by atoms with Crippen LogP contribution in [0.4, 0.5) is 0 Å². The van der Waals surface area contributed by atoms with Gasteiger partial charge in [-0.2, -0.15) is 0 Å². The first kappa shape index (κ1) is 16.8. The Morgan fingerprint density at radius 1 is 1.18 bits per heavy atom. The Morgan fingerprint density at radius 2 is 1.82 bits per heavy atom. The second kappa shape index (κ2) is 6.67. The van der Waals surface area contributed by atoms with E-state index >= 15 is 0 Å². The smallest absolute Gasteiger partial charge is 0.309 e. The van der Waals surface area contributed by atoms with Crippen LogP contribution in [0, 0.1) is 23.7 Å². The van der Waals surface area contributed by atoms with Crippen molar-refractivity contribution in [3.63, 3.8) is 0 Å². The van der Waals surface area contributed by atoms with E-state index in [1.54, 1.807) is 14.2 Å². The second-order valence-electron chi connectivity index (χ2n) is 6.19. The van der Waals surface area contributed by atoms with Crippen LogP contribution in [-0.2, 0) is 19.0 Å². The first-order chi connectivity index (χ1) is 10.5. The molecular weight excluding hydrogens is 284 g/mol. The van der Waals surface area contributed by atoms with Crippen molar-refractivity contribution >= 4 is 17.8 Å². The highest BCUT2D eigenvalue weighted by atomic mass is 16.5. The van der Waals surface area contributed by atoms with E-state index in [2.05, 4.69) is 18.8 Å². The van der Waals surface area contributed by atoms with Crippen molar-refractivity contribution in [2.75, 3.05) is 20.8 Å². The van der Waals surface area contributed by atoms with Crippen LogP contribution in [0.1, 0.15) is 27.7 Å². The molecule has 0 amide bonds. The Labute approximate surface area is 131 Å². The van der Waals surface area contributed by atoms with Crippen LogP contribution in [0.25, 0.3) is 0 Å². The fourth-order valence-corrected chi connectivity index (χ4v) is 3.16. The predicted octanol–water partition coefficient (Wildman–Crippen LogP) is 1.93. The van der Waals surface area contributed by atoms with E-state index in [-0.39, 0.29) is 41.7 Å². The van der Waals surface area contributed by atoms with E-state index in [9.17, 15) is 4.79 Å². The van der Waals surface area contributed by atoms with Crippen LogP contribution >= 0.6 is 0 Å². The van der Waals surface area contributed by atoms with Gasteiger partial charge in [0.1, 0.15) is 12.1 Å². The van der Waals surface area contributed by atoms with Crippen molar-refractivity contribution in [3.05, 3.63) is 0 Å². The van der Waals surface area contributed by atoms with Crippen molar-refractivity contribution in [1.82, 2.24) is 0 Å². The van der Waals surface area contributed by atoms with Gasteiger partial charge in [0, 0.05) is 5.92 Å². The molecule has 22 heavy (non-hydrogen) atoms. The molecule has 124 valence electrons. The lowest BCUT2D eigenvalue weighted by atomic mass is 10.0. The van der Waals surface area contributed by atoms with E-state index in [0.29, 0.717) is 18.4 Å². The Bertz CT molecular complexity index is 487. The zero-order valence-electron chi connectivity index (χ0n) is 14.2. The molecule has 0 aromatic carbocycles. The number of rotatable bonds is 4. The number of ether oxygens (including phenoxy) is 3. The predicted molar refractivity (Wildman–Crippen MR) is 84.1 cm³/mol. The first-order valence-electron chi connectivity index (χ1n) is 7.86. The minimum atomic E-state index is -0.264. The van der Waals surface area contributed by atoms with Gasteiger partial charge in [-0.05, 0) is 18.8 Å². The SMILES string of the molecule is CCOC(=O)C1C(C)C1[C@H]1N=C(OC)[C@@H](C(C)C)N=C1OC. The van der Waals surface area contributed by atoms with Crippen molar-refractivity contribution < 1.29 is 19.0 Å². The number of carbonyl (C=O) groups excluding carboxylic acids is 1. The van der Waals surface area contributed by atoms with Crippen LogP contribution in [-0.4, -0.2) is 50.7 Å². The Morgan fingerprint density at radius 3 is 2.32 bits per heavy atom. The van der Waals surface area contributed by atoms with Crippen molar-refractivity contribution in [3.8, 4) is 0 Å². The molecule has 2 rings (SSSR count). The number of hydrogen-bond acceptors (Lipinski definition) is 6. The normalized spacial score (nSPS) is 33.9. The van der Waals surface area contributed by atoms with Crippen molar-refractivity contribution in [1.29, 1.82) is 0 Å². The van der Waals surface area contributed by atoms with Crippen molar-refractivity contribution in [2.45, 2.75) is 39.8 Å². The molecule has 0 radical (unpaired) electrons. The highest BCUT2D eigenvalue weighted by Gasteiger charge is 2.59. The maximum atomic E-state index is 12.0. The quantitative estimate of drug-likeness (QED) is 0.744. The van der Waals surface area contributed by atoms with Gasteiger partial charge in [0.2, 0.25) is 11.8 Å². The van der Waals surface area contributed by atoms with Gasteiger partial charge in [-0.15, -0.1) is 0 Å². The molecule has 0 bridgehead atoms. The number of esters is 1. The largest absolute Gasteiger partial charge is 0.483 e. The third kappa shape index (κ3) is 2.96. The molecule has 1 heterocycles. The molecule has 0 spiro atoms. The third-order valence-corrected chi connectivity index (χ3v) is 4.46. The molecule has 1 fully saturated rings. The summed E-state index contributed by atoms with van der Waals surface area (Å²) >= 11 is 0. The molecule has 6 heteroatoms. The lowest BCUT2D eigenvalue weighted by Gasteiger charge is -2.27. The van der Waals surface area contributed by atoms with E-state index in [1.807, 2.05) is 13.8 Å². The molecule has 3 unspecified atom stereocenters. The highest BCUT2D eigenvalue weighted by molar-refractivity contribution is 5.95. The van der Waals surface area contributed by atoms with Gasteiger partial charge in [-0.25, -0.2) is 9.98 Å². The molecule has 0 saturated heterocycles. The summed E-state index contributed by atoms with van der Waals surface area (Å²) in [5, 5.41) is 0. The number of hydrogen-bond donors (Lipinski definition) is 0. The fourth-order valence-electron chi connectivity index (χ4n) is 3.16. The molecule has 1 aliphatic carbocycles. The Balaban J connectivity index is 2.22. The summed E-state index contributed by atoms with van der Waals surface area (Å²) in [4.78, 5) is 21.4. The molecular formula is C16H26N2O4. The zero-order valence-corrected chi connectivity index (χ0v) is 14.2. The maximum absolute atomic E-state index is 12.0. The molecule has 0 N–H and O–H groups in total. The van der Waals surface area contributed by atoms with E-state index in [1.165, 1.54) is 0 Å². The van der Waals surface area contributed by atoms with Crippen LogP contribution in [0.3, 0.4) is 0 Å². The van der Waals surface area contributed by atoms with Gasteiger partial charge in [-0.1, -0.05) is 20.8 Å². The second-order valence-corrected chi connectivity index (χ2v) is 6.19. The average Bonchev–Trinajstić information content (AvgIpc) is 3.17. The van der Waals surface area contributed by atoms with Gasteiger partial charge in [0.05, 0.1) is 26.7 Å². The standard InChI is InChI=1S/C16H26N2O4/c1-7-22-16(19)11-9(4)10(11)13-15(21-6)17-12(8(2)3)14(18-13)20-5/h8-13H,7H2,1-6H3/t9?,10?,11?,12-,13-/m1/s1. The van der Waals surface area contributed by atoms with Gasteiger partial charge in [-0.3, -0.25) is 4.79 Å². The molecule has 2 aliphatic rings. The third-order valence-electron chi connectivity index (χ3n) is 4.46. The van der Waals surface area contributed by atoms with Crippen LogP contribution in [0.2, 0.25) is 0 Å². The number of carbonyl (C=O) groups is 1. The van der Waals surface area contributed by atoms with Crippen LogP contribution < -0.4 is 0 Å². The fraction of sp³-hybridized carbons (Fsp3) is 0.812. The van der Waals surface area contributed by atoms with E-state index in [4.69, 9.17) is 19.2 Å². The number of nitrogens with zero attached hydrogens (tertiary/aromatic N) is 2. The minimum absolute atomic E-state index is 0.0658. The van der Waals surface area contributed by atoms with Crippen LogP contribution in [0.5, 0.6) is 0 Å². The Kier molecular flexibility index (Phi) is 5.08. The Hall–Kier alpha value is -1.59. The molecule has 1 saturated carbocycles. The number of methoxy groups -OCH3 is 2. The monoisotopic (exact) mass is 310 g/mol. The first-order valence-corrected chi connectivity index (χ1v) is 7.86. The lowest BCUT2D eigenvalue weighted by molar-refractivity contribution is -0.145. The zero-order chi connectivity index (χ0) is 16.4. The summed E-state index contributed by atoms with van der Waals surface area (Å²) < 4.78 is 16.0. The summed E-state index contributed by atoms with van der Waals surface area (Å²) in [6.07, 6.45) is 0. The summed E-state index contributed by atoms with van der Waals surface area (Å²) in [6, 6.07) is -0.398. The summed E-state index contributed by atoms with van der Waals surface area (Å²) in [7, 11) is 3.21. The highest BCUT2D eigenvalue weighted by Crippen LogP contribution is 2.51. The number of aliphatic imine (C=N–C) groups is 2. The van der Waals surface area contributed by atoms with Crippen LogP contribution in [0.15, 0.2) is 9.98 Å². The van der Waals surface area contributed by atoms with Crippen molar-refractivity contribution in [2.24, 2.45) is 33.7 Å². The van der Waals surface area contributed by atoms with E-state index < -0.39 is 0 Å². The van der Waals surface area contributed by atoms with Gasteiger partial charge < -0.3 is 14.2 Å². The maximum Gasteiger partial charge on any atom is 0.309 e.